The van der Waals surface area contributed by atoms with Crippen LogP contribution in [-0.2, 0) is 19.6 Å². The minimum Gasteiger partial charge on any atom is -0.457 e. The Morgan fingerprint density at radius 1 is 0.839 bits per heavy atom. The summed E-state index contributed by atoms with van der Waals surface area (Å²) in [5, 5.41) is 2.62. The number of amides is 1. The summed E-state index contributed by atoms with van der Waals surface area (Å²) in [6, 6.07) is 21.8. The van der Waals surface area contributed by atoms with Crippen LogP contribution >= 0.6 is 0 Å². The first-order valence-electron chi connectivity index (χ1n) is 9.16. The molecule has 160 valence electrons. The summed E-state index contributed by atoms with van der Waals surface area (Å²) in [6.07, 6.45) is 1.00. The molecular weight excluding hydrogens is 420 g/mol. The SMILES string of the molecule is CS(=O)(=O)Nc1cccc(C(=O)OCC(=O)Nc2ccc(Oc3ccccc3)cc2)c1. The molecule has 3 rings (SSSR count). The minimum absolute atomic E-state index is 0.115. The van der Waals surface area contributed by atoms with Gasteiger partial charge in [-0.1, -0.05) is 24.3 Å². The van der Waals surface area contributed by atoms with E-state index in [4.69, 9.17) is 9.47 Å². The molecule has 0 saturated carbocycles. The maximum Gasteiger partial charge on any atom is 0.338 e. The van der Waals surface area contributed by atoms with Crippen LogP contribution in [-0.4, -0.2) is 33.2 Å². The molecule has 0 atom stereocenters. The Balaban J connectivity index is 1.51. The zero-order chi connectivity index (χ0) is 22.3. The number of ether oxygens (including phenoxy) is 2. The number of nitrogens with one attached hydrogen (secondary N) is 2. The van der Waals surface area contributed by atoms with Crippen LogP contribution in [0.15, 0.2) is 78.9 Å². The van der Waals surface area contributed by atoms with Crippen molar-refractivity contribution in [2.45, 2.75) is 0 Å². The zero-order valence-corrected chi connectivity index (χ0v) is 17.4. The molecule has 0 aromatic heterocycles. The molecule has 0 aliphatic rings. The summed E-state index contributed by atoms with van der Waals surface area (Å²) in [7, 11) is -3.48. The molecule has 0 fully saturated rings. The van der Waals surface area contributed by atoms with E-state index in [2.05, 4.69) is 10.0 Å². The van der Waals surface area contributed by atoms with Gasteiger partial charge in [-0.3, -0.25) is 9.52 Å². The van der Waals surface area contributed by atoms with Crippen molar-refractivity contribution in [1.29, 1.82) is 0 Å². The van der Waals surface area contributed by atoms with Gasteiger partial charge in [-0.15, -0.1) is 0 Å². The van der Waals surface area contributed by atoms with Gasteiger partial charge in [0.1, 0.15) is 11.5 Å². The largest absolute Gasteiger partial charge is 0.457 e. The van der Waals surface area contributed by atoms with Gasteiger partial charge in [-0.25, -0.2) is 13.2 Å². The van der Waals surface area contributed by atoms with E-state index in [9.17, 15) is 18.0 Å². The molecule has 0 bridgehead atoms. The molecule has 0 heterocycles. The highest BCUT2D eigenvalue weighted by molar-refractivity contribution is 7.92. The van der Waals surface area contributed by atoms with Crippen molar-refractivity contribution in [3.05, 3.63) is 84.4 Å². The summed E-state index contributed by atoms with van der Waals surface area (Å²) in [6.45, 7) is -0.495. The number of hydrogen-bond donors (Lipinski definition) is 2. The maximum absolute atomic E-state index is 12.1. The van der Waals surface area contributed by atoms with E-state index in [0.29, 0.717) is 17.2 Å². The molecule has 9 heteroatoms. The Morgan fingerprint density at radius 3 is 2.19 bits per heavy atom. The summed E-state index contributed by atoms with van der Waals surface area (Å²) in [5.41, 5.74) is 0.851. The summed E-state index contributed by atoms with van der Waals surface area (Å²) >= 11 is 0. The van der Waals surface area contributed by atoms with Crippen LogP contribution in [0, 0.1) is 0 Å². The molecule has 0 aliphatic carbocycles. The van der Waals surface area contributed by atoms with Gasteiger partial charge in [-0.05, 0) is 54.6 Å². The Bertz CT molecular complexity index is 1160. The van der Waals surface area contributed by atoms with Gasteiger partial charge < -0.3 is 14.8 Å². The quantitative estimate of drug-likeness (QED) is 0.518. The third-order valence-electron chi connectivity index (χ3n) is 3.85. The number of rotatable bonds is 8. The third-order valence-corrected chi connectivity index (χ3v) is 4.46. The van der Waals surface area contributed by atoms with Gasteiger partial charge in [0.15, 0.2) is 6.61 Å². The number of sulfonamides is 1. The molecule has 3 aromatic rings. The predicted octanol–water partition coefficient (Wildman–Crippen LogP) is 3.65. The van der Waals surface area contributed by atoms with Crippen LogP contribution in [0.1, 0.15) is 10.4 Å². The van der Waals surface area contributed by atoms with Gasteiger partial charge in [0.2, 0.25) is 10.0 Å². The number of carbonyl (C=O) groups excluding carboxylic acids is 2. The molecule has 31 heavy (non-hydrogen) atoms. The first-order chi connectivity index (χ1) is 14.8. The standard InChI is InChI=1S/C22H20N2O6S/c1-31(27,28)24-18-7-5-6-16(14-18)22(26)29-15-21(25)23-17-10-12-20(13-11-17)30-19-8-3-2-4-9-19/h2-14,24H,15H2,1H3,(H,23,25). The lowest BCUT2D eigenvalue weighted by molar-refractivity contribution is -0.119. The average molecular weight is 440 g/mol. The monoisotopic (exact) mass is 440 g/mol. The minimum atomic E-state index is -3.48. The molecule has 0 aliphatic heterocycles. The van der Waals surface area contributed by atoms with E-state index in [-0.39, 0.29) is 11.3 Å². The second-order valence-corrected chi connectivity index (χ2v) is 8.27. The topological polar surface area (TPSA) is 111 Å². The molecule has 1 amide bonds. The molecule has 0 unspecified atom stereocenters. The maximum atomic E-state index is 12.1. The smallest absolute Gasteiger partial charge is 0.338 e. The molecule has 0 radical (unpaired) electrons. The Hall–Kier alpha value is -3.85. The number of esters is 1. The van der Waals surface area contributed by atoms with Crippen molar-refractivity contribution >= 4 is 33.3 Å². The van der Waals surface area contributed by atoms with Crippen molar-refractivity contribution < 1.29 is 27.5 Å². The van der Waals surface area contributed by atoms with Gasteiger partial charge in [0, 0.05) is 11.4 Å². The average Bonchev–Trinajstić information content (AvgIpc) is 2.73. The number of carbonyl (C=O) groups is 2. The molecule has 2 N–H and O–H groups in total. The van der Waals surface area contributed by atoms with E-state index in [1.807, 2.05) is 30.3 Å². The van der Waals surface area contributed by atoms with Crippen molar-refractivity contribution in [2.75, 3.05) is 22.9 Å². The fraction of sp³-hybridized carbons (Fsp3) is 0.0909. The third kappa shape index (κ3) is 7.16. The van der Waals surface area contributed by atoms with E-state index < -0.39 is 28.5 Å². The van der Waals surface area contributed by atoms with Crippen LogP contribution in [0.25, 0.3) is 0 Å². The van der Waals surface area contributed by atoms with Gasteiger partial charge in [-0.2, -0.15) is 0 Å². The first-order valence-corrected chi connectivity index (χ1v) is 11.1. The molecule has 0 spiro atoms. The summed E-state index contributed by atoms with van der Waals surface area (Å²) < 4.78 is 35.5. The van der Waals surface area contributed by atoms with E-state index >= 15 is 0 Å². The summed E-state index contributed by atoms with van der Waals surface area (Å²) in [5.74, 6) is 0.0367. The molecular formula is C22H20N2O6S. The van der Waals surface area contributed by atoms with Crippen molar-refractivity contribution in [2.24, 2.45) is 0 Å². The molecule has 3 aromatic carbocycles. The highest BCUT2D eigenvalue weighted by Crippen LogP contribution is 2.22. The highest BCUT2D eigenvalue weighted by atomic mass is 32.2. The Morgan fingerprint density at radius 2 is 1.52 bits per heavy atom. The number of anilines is 2. The van der Waals surface area contributed by atoms with E-state index in [1.165, 1.54) is 24.3 Å². The lowest BCUT2D eigenvalue weighted by Crippen LogP contribution is -2.21. The molecule has 8 nitrogen and oxygen atoms in total. The van der Waals surface area contributed by atoms with Crippen LogP contribution in [0.4, 0.5) is 11.4 Å². The zero-order valence-electron chi connectivity index (χ0n) is 16.6. The van der Waals surface area contributed by atoms with Gasteiger partial charge >= 0.3 is 5.97 Å². The predicted molar refractivity (Wildman–Crippen MR) is 117 cm³/mol. The highest BCUT2D eigenvalue weighted by Gasteiger charge is 2.12. The Kier molecular flexibility index (Phi) is 6.88. The van der Waals surface area contributed by atoms with Crippen LogP contribution in [0.3, 0.4) is 0 Å². The number of benzene rings is 3. The fourth-order valence-electron chi connectivity index (χ4n) is 2.57. The fourth-order valence-corrected chi connectivity index (χ4v) is 3.12. The van der Waals surface area contributed by atoms with E-state index in [0.717, 1.165) is 6.26 Å². The number of para-hydroxylation sites is 1. The van der Waals surface area contributed by atoms with Crippen LogP contribution in [0.5, 0.6) is 11.5 Å². The van der Waals surface area contributed by atoms with E-state index in [1.54, 1.807) is 24.3 Å². The summed E-state index contributed by atoms with van der Waals surface area (Å²) in [4.78, 5) is 24.2. The lowest BCUT2D eigenvalue weighted by atomic mass is 10.2. The first kappa shape index (κ1) is 21.8. The van der Waals surface area contributed by atoms with Gasteiger partial charge in [0.25, 0.3) is 5.91 Å². The second-order valence-electron chi connectivity index (χ2n) is 6.52. The van der Waals surface area contributed by atoms with Crippen molar-refractivity contribution in [3.63, 3.8) is 0 Å². The van der Waals surface area contributed by atoms with Crippen molar-refractivity contribution in [1.82, 2.24) is 0 Å². The van der Waals surface area contributed by atoms with Crippen molar-refractivity contribution in [3.8, 4) is 11.5 Å². The van der Waals surface area contributed by atoms with Crippen LogP contribution < -0.4 is 14.8 Å². The number of hydrogen-bond acceptors (Lipinski definition) is 6. The molecule has 0 saturated heterocycles. The normalized spacial score (nSPS) is 10.7. The van der Waals surface area contributed by atoms with Gasteiger partial charge in [0.05, 0.1) is 11.8 Å². The second kappa shape index (κ2) is 9.77. The van der Waals surface area contributed by atoms with Crippen LogP contribution in [0.2, 0.25) is 0 Å². The Labute approximate surface area is 179 Å². The lowest BCUT2D eigenvalue weighted by Gasteiger charge is -2.09.